The Morgan fingerprint density at radius 3 is 2.77 bits per heavy atom. The molecule has 3 heterocycles. The van der Waals surface area contributed by atoms with E-state index < -0.39 is 6.10 Å². The number of ether oxygens (including phenoxy) is 2. The summed E-state index contributed by atoms with van der Waals surface area (Å²) in [4.78, 5) is 14.0. The molecule has 2 aliphatic heterocycles. The predicted octanol–water partition coefficient (Wildman–Crippen LogP) is 1.92. The van der Waals surface area contributed by atoms with E-state index in [1.165, 1.54) is 11.3 Å². The van der Waals surface area contributed by atoms with Crippen molar-refractivity contribution in [2.75, 3.05) is 32.8 Å². The summed E-state index contributed by atoms with van der Waals surface area (Å²) in [6.45, 7) is 2.92. The summed E-state index contributed by atoms with van der Waals surface area (Å²) in [5.41, 5.74) is 1.00. The van der Waals surface area contributed by atoms with Gasteiger partial charge in [-0.05, 0) is 35.9 Å². The van der Waals surface area contributed by atoms with Gasteiger partial charge in [0, 0.05) is 30.4 Å². The number of halogens is 1. The molecule has 4 rings (SSSR count). The highest BCUT2D eigenvalue weighted by molar-refractivity contribution is 7.17. The predicted molar refractivity (Wildman–Crippen MR) is 103 cm³/mol. The van der Waals surface area contributed by atoms with Crippen LogP contribution in [0, 0.1) is 5.92 Å². The highest BCUT2D eigenvalue weighted by atomic mass is 35.5. The zero-order valence-corrected chi connectivity index (χ0v) is 15.7. The Kier molecular flexibility index (Phi) is 6.03. The smallest absolute Gasteiger partial charge is 0.261 e. The Hall–Kier alpha value is -1.80. The first kappa shape index (κ1) is 19.0. The van der Waals surface area contributed by atoms with Crippen molar-refractivity contribution in [1.82, 2.24) is 10.6 Å². The maximum atomic E-state index is 12.3. The molecule has 1 aromatic carbocycles. The summed E-state index contributed by atoms with van der Waals surface area (Å²) >= 11 is 1.44. The third-order valence-corrected chi connectivity index (χ3v) is 5.62. The van der Waals surface area contributed by atoms with Crippen molar-refractivity contribution < 1.29 is 19.4 Å². The van der Waals surface area contributed by atoms with Crippen molar-refractivity contribution in [3.8, 4) is 21.9 Å². The molecule has 2 atom stereocenters. The second-order valence-corrected chi connectivity index (χ2v) is 7.30. The van der Waals surface area contributed by atoms with Crippen LogP contribution in [0.4, 0.5) is 0 Å². The van der Waals surface area contributed by atoms with Crippen molar-refractivity contribution in [1.29, 1.82) is 0 Å². The molecule has 1 saturated heterocycles. The van der Waals surface area contributed by atoms with Crippen molar-refractivity contribution >= 4 is 29.7 Å². The molecule has 0 aliphatic carbocycles. The van der Waals surface area contributed by atoms with Crippen LogP contribution in [0.3, 0.4) is 0 Å². The number of hydrogen-bond acceptors (Lipinski definition) is 6. The van der Waals surface area contributed by atoms with E-state index in [0.29, 0.717) is 31.2 Å². The summed E-state index contributed by atoms with van der Waals surface area (Å²) in [5.74, 6) is 1.47. The standard InChI is InChI=1S/C18H20N2O4S.ClH/c21-13-10-19-8-12(13)9-20-18(22)17-4-3-16(25-17)11-1-2-14-15(7-11)24-6-5-23-14;/h1-4,7,12-13,19,21H,5-6,8-10H2,(H,20,22);1H. The summed E-state index contributed by atoms with van der Waals surface area (Å²) in [5, 5.41) is 15.8. The van der Waals surface area contributed by atoms with E-state index in [0.717, 1.165) is 28.5 Å². The van der Waals surface area contributed by atoms with Gasteiger partial charge in [-0.25, -0.2) is 0 Å². The lowest BCUT2D eigenvalue weighted by atomic mass is 10.1. The Morgan fingerprint density at radius 2 is 2.00 bits per heavy atom. The van der Waals surface area contributed by atoms with Gasteiger partial charge in [-0.3, -0.25) is 4.79 Å². The number of β-amino-alcohol motifs (C(OH)–C–C–N with tert-alkyl or cyclic N) is 1. The van der Waals surface area contributed by atoms with Gasteiger partial charge in [-0.2, -0.15) is 0 Å². The number of nitrogens with one attached hydrogen (secondary N) is 2. The maximum absolute atomic E-state index is 12.3. The van der Waals surface area contributed by atoms with Crippen LogP contribution >= 0.6 is 23.7 Å². The van der Waals surface area contributed by atoms with Crippen LogP contribution in [0.25, 0.3) is 10.4 Å². The molecule has 2 aliphatic rings. The van der Waals surface area contributed by atoms with Crippen LogP contribution in [0.1, 0.15) is 9.67 Å². The Bertz CT molecular complexity index is 782. The van der Waals surface area contributed by atoms with E-state index in [4.69, 9.17) is 9.47 Å². The van der Waals surface area contributed by atoms with Crippen LogP contribution < -0.4 is 20.1 Å². The molecule has 26 heavy (non-hydrogen) atoms. The minimum absolute atomic E-state index is 0. The number of rotatable bonds is 4. The molecule has 0 saturated carbocycles. The SMILES string of the molecule is Cl.O=C(NCC1CNCC1O)c1ccc(-c2ccc3c(c2)OCCO3)s1. The van der Waals surface area contributed by atoms with E-state index in [-0.39, 0.29) is 24.2 Å². The summed E-state index contributed by atoms with van der Waals surface area (Å²) in [7, 11) is 0. The number of carbonyl (C=O) groups is 1. The number of fused-ring (bicyclic) bond motifs is 1. The second kappa shape index (κ2) is 8.26. The number of thiophene rings is 1. The molecular formula is C18H21ClN2O4S. The molecule has 0 bridgehead atoms. The van der Waals surface area contributed by atoms with Crippen LogP contribution in [-0.2, 0) is 0 Å². The van der Waals surface area contributed by atoms with Crippen molar-refractivity contribution in [2.24, 2.45) is 5.92 Å². The first-order valence-corrected chi connectivity index (χ1v) is 9.19. The topological polar surface area (TPSA) is 79.8 Å². The third-order valence-electron chi connectivity index (χ3n) is 4.49. The molecule has 1 aromatic heterocycles. The minimum Gasteiger partial charge on any atom is -0.486 e. The van der Waals surface area contributed by atoms with E-state index in [2.05, 4.69) is 10.6 Å². The Morgan fingerprint density at radius 1 is 1.19 bits per heavy atom. The molecule has 6 nitrogen and oxygen atoms in total. The fraction of sp³-hybridized carbons (Fsp3) is 0.389. The van der Waals surface area contributed by atoms with Gasteiger partial charge in [0.25, 0.3) is 5.91 Å². The first-order chi connectivity index (χ1) is 12.2. The minimum atomic E-state index is -0.392. The van der Waals surface area contributed by atoms with Gasteiger partial charge in [-0.15, -0.1) is 23.7 Å². The summed E-state index contributed by atoms with van der Waals surface area (Å²) < 4.78 is 11.2. The zero-order chi connectivity index (χ0) is 17.2. The number of hydrogen-bond donors (Lipinski definition) is 3. The molecule has 0 spiro atoms. The summed E-state index contributed by atoms with van der Waals surface area (Å²) in [6, 6.07) is 9.59. The van der Waals surface area contributed by atoms with Gasteiger partial charge in [0.1, 0.15) is 13.2 Å². The van der Waals surface area contributed by atoms with E-state index in [9.17, 15) is 9.90 Å². The molecule has 0 radical (unpaired) electrons. The first-order valence-electron chi connectivity index (χ1n) is 8.37. The van der Waals surface area contributed by atoms with Gasteiger partial charge < -0.3 is 25.2 Å². The molecule has 2 aromatic rings. The van der Waals surface area contributed by atoms with Crippen LogP contribution in [0.2, 0.25) is 0 Å². The number of benzene rings is 1. The number of aliphatic hydroxyl groups is 1. The quantitative estimate of drug-likeness (QED) is 0.735. The van der Waals surface area contributed by atoms with Crippen molar-refractivity contribution in [2.45, 2.75) is 6.10 Å². The van der Waals surface area contributed by atoms with Gasteiger partial charge in [0.2, 0.25) is 0 Å². The van der Waals surface area contributed by atoms with E-state index in [1.54, 1.807) is 0 Å². The van der Waals surface area contributed by atoms with Crippen LogP contribution in [0.15, 0.2) is 30.3 Å². The number of carbonyl (C=O) groups excluding carboxylic acids is 1. The number of amides is 1. The Balaban J connectivity index is 0.00000196. The molecule has 1 fully saturated rings. The lowest BCUT2D eigenvalue weighted by Crippen LogP contribution is -2.33. The zero-order valence-electron chi connectivity index (χ0n) is 14.1. The molecule has 1 amide bonds. The van der Waals surface area contributed by atoms with Crippen LogP contribution in [0.5, 0.6) is 11.5 Å². The molecule has 140 valence electrons. The monoisotopic (exact) mass is 396 g/mol. The van der Waals surface area contributed by atoms with Gasteiger partial charge in [-0.1, -0.05) is 0 Å². The molecular weight excluding hydrogens is 376 g/mol. The van der Waals surface area contributed by atoms with Gasteiger partial charge >= 0.3 is 0 Å². The average molecular weight is 397 g/mol. The maximum Gasteiger partial charge on any atom is 0.261 e. The molecule has 3 N–H and O–H groups in total. The third kappa shape index (κ3) is 3.96. The van der Waals surface area contributed by atoms with Gasteiger partial charge in [0.15, 0.2) is 11.5 Å². The molecule has 8 heteroatoms. The Labute approximate surface area is 161 Å². The number of aliphatic hydroxyl groups excluding tert-OH is 1. The van der Waals surface area contributed by atoms with E-state index in [1.807, 2.05) is 30.3 Å². The van der Waals surface area contributed by atoms with E-state index >= 15 is 0 Å². The fourth-order valence-corrected chi connectivity index (χ4v) is 3.97. The highest BCUT2D eigenvalue weighted by Gasteiger charge is 2.25. The highest BCUT2D eigenvalue weighted by Crippen LogP contribution is 2.36. The second-order valence-electron chi connectivity index (χ2n) is 6.22. The van der Waals surface area contributed by atoms with Crippen molar-refractivity contribution in [3.63, 3.8) is 0 Å². The van der Waals surface area contributed by atoms with Gasteiger partial charge in [0.05, 0.1) is 11.0 Å². The summed E-state index contributed by atoms with van der Waals surface area (Å²) in [6.07, 6.45) is -0.392. The lowest BCUT2D eigenvalue weighted by molar-refractivity contribution is 0.0931. The lowest BCUT2D eigenvalue weighted by Gasteiger charge is -2.18. The molecule has 2 unspecified atom stereocenters. The van der Waals surface area contributed by atoms with Crippen LogP contribution in [-0.4, -0.2) is 50.0 Å². The van der Waals surface area contributed by atoms with Crippen molar-refractivity contribution in [3.05, 3.63) is 35.2 Å². The fourth-order valence-electron chi connectivity index (χ4n) is 3.05. The average Bonchev–Trinajstić information content (AvgIpc) is 3.28. The normalized spacial score (nSPS) is 21.1. The largest absolute Gasteiger partial charge is 0.486 e.